The summed E-state index contributed by atoms with van der Waals surface area (Å²) < 4.78 is 38.6. The molecule has 9 heteroatoms. The minimum absolute atomic E-state index is 0.0103. The molecule has 1 aliphatic rings. The van der Waals surface area contributed by atoms with Gasteiger partial charge < -0.3 is 5.11 Å². The Morgan fingerprint density at radius 3 is 2.67 bits per heavy atom. The smallest absolute Gasteiger partial charge is 0.395 e. The Morgan fingerprint density at radius 2 is 2.11 bits per heavy atom. The molecule has 0 atom stereocenters. The summed E-state index contributed by atoms with van der Waals surface area (Å²) in [5.74, 6) is 0.412. The molecule has 0 aliphatic heterocycles. The Bertz CT molecular complexity index is 390. The molecule has 0 amide bonds. The van der Waals surface area contributed by atoms with Gasteiger partial charge in [0.05, 0.1) is 25.7 Å². The van der Waals surface area contributed by atoms with Crippen molar-refractivity contribution < 1.29 is 18.3 Å². The highest BCUT2D eigenvalue weighted by Crippen LogP contribution is 2.34. The van der Waals surface area contributed by atoms with Crippen molar-refractivity contribution in [2.24, 2.45) is 0 Å². The first kappa shape index (κ1) is 13.2. The van der Waals surface area contributed by atoms with E-state index in [1.807, 2.05) is 0 Å². The zero-order chi connectivity index (χ0) is 13.2. The van der Waals surface area contributed by atoms with Crippen LogP contribution in [-0.2, 0) is 6.54 Å². The van der Waals surface area contributed by atoms with Crippen molar-refractivity contribution in [3.8, 4) is 0 Å². The molecule has 1 fully saturated rings. The average Bonchev–Trinajstić information content (AvgIpc) is 2.98. The minimum Gasteiger partial charge on any atom is -0.395 e. The molecule has 102 valence electrons. The van der Waals surface area contributed by atoms with E-state index in [0.717, 1.165) is 17.7 Å². The maximum Gasteiger partial charge on any atom is 0.401 e. The zero-order valence-corrected chi connectivity index (χ0v) is 9.64. The topological polar surface area (TPSA) is 67.1 Å². The molecular formula is C9H14F3N5O. The number of nitrogens with zero attached hydrogens (tertiary/aromatic N) is 5. The summed E-state index contributed by atoms with van der Waals surface area (Å²) in [4.78, 5) is 1.09. The third kappa shape index (κ3) is 3.64. The van der Waals surface area contributed by atoms with Crippen LogP contribution in [0.15, 0.2) is 0 Å². The zero-order valence-electron chi connectivity index (χ0n) is 9.64. The van der Waals surface area contributed by atoms with Gasteiger partial charge in [-0.3, -0.25) is 4.90 Å². The van der Waals surface area contributed by atoms with Crippen LogP contribution in [0, 0.1) is 0 Å². The van der Waals surface area contributed by atoms with Gasteiger partial charge in [0.2, 0.25) is 0 Å². The highest BCUT2D eigenvalue weighted by Gasteiger charge is 2.33. The number of aliphatic hydroxyl groups is 1. The van der Waals surface area contributed by atoms with Gasteiger partial charge in [0, 0.05) is 6.54 Å². The molecule has 1 aromatic heterocycles. The first-order chi connectivity index (χ1) is 8.49. The van der Waals surface area contributed by atoms with Crippen molar-refractivity contribution in [2.45, 2.75) is 31.6 Å². The fraction of sp³-hybridized carbons (Fsp3) is 0.889. The van der Waals surface area contributed by atoms with Crippen LogP contribution >= 0.6 is 0 Å². The van der Waals surface area contributed by atoms with Crippen molar-refractivity contribution in [1.29, 1.82) is 0 Å². The van der Waals surface area contributed by atoms with Gasteiger partial charge in [-0.1, -0.05) is 0 Å². The fourth-order valence-corrected chi connectivity index (χ4v) is 1.73. The van der Waals surface area contributed by atoms with Crippen molar-refractivity contribution in [1.82, 2.24) is 25.1 Å². The molecule has 0 spiro atoms. The van der Waals surface area contributed by atoms with Crippen LogP contribution in [0.25, 0.3) is 0 Å². The van der Waals surface area contributed by atoms with Crippen molar-refractivity contribution in [3.05, 3.63) is 5.82 Å². The molecule has 0 bridgehead atoms. The lowest BCUT2D eigenvalue weighted by molar-refractivity contribution is -0.148. The van der Waals surface area contributed by atoms with E-state index in [9.17, 15) is 13.2 Å². The van der Waals surface area contributed by atoms with E-state index in [2.05, 4.69) is 15.5 Å². The number of alkyl halides is 3. The van der Waals surface area contributed by atoms with Crippen molar-refractivity contribution in [2.75, 3.05) is 19.7 Å². The molecule has 0 unspecified atom stereocenters. The van der Waals surface area contributed by atoms with Gasteiger partial charge in [-0.25, -0.2) is 4.68 Å². The molecule has 18 heavy (non-hydrogen) atoms. The SMILES string of the molecule is OCCN(Cc1nnnn1C1CC1)CC(F)(F)F. The van der Waals surface area contributed by atoms with E-state index in [1.165, 1.54) is 0 Å². The number of tetrazole rings is 1. The monoisotopic (exact) mass is 265 g/mol. The van der Waals surface area contributed by atoms with Crippen molar-refractivity contribution in [3.63, 3.8) is 0 Å². The summed E-state index contributed by atoms with van der Waals surface area (Å²) in [6, 6.07) is 0.219. The quantitative estimate of drug-likeness (QED) is 0.804. The third-order valence-electron chi connectivity index (χ3n) is 2.64. The van der Waals surface area contributed by atoms with E-state index in [4.69, 9.17) is 5.11 Å². The predicted molar refractivity (Wildman–Crippen MR) is 54.5 cm³/mol. The lowest BCUT2D eigenvalue weighted by atomic mass is 10.4. The van der Waals surface area contributed by atoms with Crippen LogP contribution < -0.4 is 0 Å². The Labute approximate surface area is 101 Å². The first-order valence-electron chi connectivity index (χ1n) is 5.66. The molecule has 1 aliphatic carbocycles. The van der Waals surface area contributed by atoms with Gasteiger partial charge in [-0.05, 0) is 23.3 Å². The van der Waals surface area contributed by atoms with Gasteiger partial charge in [-0.2, -0.15) is 13.2 Å². The summed E-state index contributed by atoms with van der Waals surface area (Å²) in [5.41, 5.74) is 0. The van der Waals surface area contributed by atoms with Gasteiger partial charge in [0.15, 0.2) is 5.82 Å². The van der Waals surface area contributed by atoms with Crippen LogP contribution in [-0.4, -0.2) is 56.1 Å². The second kappa shape index (κ2) is 5.19. The summed E-state index contributed by atoms with van der Waals surface area (Å²) in [7, 11) is 0. The van der Waals surface area contributed by atoms with Crippen LogP contribution in [0.4, 0.5) is 13.2 Å². The second-order valence-corrected chi connectivity index (χ2v) is 4.32. The molecule has 1 N–H and O–H groups in total. The van der Waals surface area contributed by atoms with E-state index < -0.39 is 12.7 Å². The van der Waals surface area contributed by atoms with E-state index in [0.29, 0.717) is 5.82 Å². The first-order valence-corrected chi connectivity index (χ1v) is 5.66. The maximum atomic E-state index is 12.3. The number of halogens is 3. The summed E-state index contributed by atoms with van der Waals surface area (Å²) in [6.45, 7) is -1.48. The minimum atomic E-state index is -4.30. The standard InChI is InChI=1S/C9H14F3N5O/c10-9(11,12)6-16(3-4-18)5-8-13-14-15-17(8)7-1-2-7/h7,18H,1-6H2. The van der Waals surface area contributed by atoms with Gasteiger partial charge in [-0.15, -0.1) is 5.10 Å². The van der Waals surface area contributed by atoms with Crippen molar-refractivity contribution >= 4 is 0 Å². The summed E-state index contributed by atoms with van der Waals surface area (Å²) in [5, 5.41) is 19.8. The molecule has 6 nitrogen and oxygen atoms in total. The predicted octanol–water partition coefficient (Wildman–Crippen LogP) is 0.365. The number of hydrogen-bond acceptors (Lipinski definition) is 5. The summed E-state index contributed by atoms with van der Waals surface area (Å²) in [6.07, 6.45) is -2.39. The fourth-order valence-electron chi connectivity index (χ4n) is 1.73. The lowest BCUT2D eigenvalue weighted by Crippen LogP contribution is -2.36. The third-order valence-corrected chi connectivity index (χ3v) is 2.64. The van der Waals surface area contributed by atoms with Gasteiger partial charge in [0.1, 0.15) is 0 Å². The van der Waals surface area contributed by atoms with Crippen LogP contribution in [0.5, 0.6) is 0 Å². The molecule has 2 rings (SSSR count). The summed E-state index contributed by atoms with van der Waals surface area (Å²) >= 11 is 0. The Morgan fingerprint density at radius 1 is 1.39 bits per heavy atom. The Kier molecular flexibility index (Phi) is 3.81. The highest BCUT2D eigenvalue weighted by atomic mass is 19.4. The van der Waals surface area contributed by atoms with Gasteiger partial charge in [0.25, 0.3) is 0 Å². The molecular weight excluding hydrogens is 251 g/mol. The Balaban J connectivity index is 2.00. The number of rotatable bonds is 6. The molecule has 0 aromatic carbocycles. The van der Waals surface area contributed by atoms with E-state index >= 15 is 0 Å². The largest absolute Gasteiger partial charge is 0.401 e. The van der Waals surface area contributed by atoms with Crippen LogP contribution in [0.2, 0.25) is 0 Å². The molecule has 0 saturated heterocycles. The van der Waals surface area contributed by atoms with Gasteiger partial charge >= 0.3 is 6.18 Å². The number of hydrogen-bond donors (Lipinski definition) is 1. The van der Waals surface area contributed by atoms with E-state index in [1.54, 1.807) is 4.68 Å². The Hall–Kier alpha value is -1.22. The lowest BCUT2D eigenvalue weighted by Gasteiger charge is -2.21. The van der Waals surface area contributed by atoms with Crippen LogP contribution in [0.1, 0.15) is 24.7 Å². The maximum absolute atomic E-state index is 12.3. The molecule has 1 heterocycles. The normalized spacial score (nSPS) is 16.5. The molecule has 1 aromatic rings. The molecule has 0 radical (unpaired) electrons. The highest BCUT2D eigenvalue weighted by molar-refractivity contribution is 4.90. The second-order valence-electron chi connectivity index (χ2n) is 4.32. The van der Waals surface area contributed by atoms with Crippen LogP contribution in [0.3, 0.4) is 0 Å². The molecule has 1 saturated carbocycles. The van der Waals surface area contributed by atoms with E-state index in [-0.39, 0.29) is 25.7 Å². The average molecular weight is 265 g/mol. The number of aromatic nitrogens is 4. The number of aliphatic hydroxyl groups excluding tert-OH is 1.